The lowest BCUT2D eigenvalue weighted by Gasteiger charge is -2.07. The van der Waals surface area contributed by atoms with E-state index in [2.05, 4.69) is 26.2 Å². The molecule has 0 saturated heterocycles. The molecule has 0 spiro atoms. The summed E-state index contributed by atoms with van der Waals surface area (Å²) in [6.45, 7) is 0.636. The molecule has 22 heavy (non-hydrogen) atoms. The second kappa shape index (κ2) is 8.54. The lowest BCUT2D eigenvalue weighted by atomic mass is 10.1. The van der Waals surface area contributed by atoms with E-state index < -0.39 is 0 Å². The highest BCUT2D eigenvalue weighted by Gasteiger charge is 2.05. The Bertz CT molecular complexity index is 617. The number of aromatic nitrogens is 1. The fraction of sp³-hybridized carbons (Fsp3) is 0.294. The van der Waals surface area contributed by atoms with Crippen LogP contribution in [0.15, 0.2) is 47.2 Å². The molecule has 0 saturated carbocycles. The van der Waals surface area contributed by atoms with Gasteiger partial charge in [0.05, 0.1) is 11.6 Å². The Labute approximate surface area is 139 Å². The van der Waals surface area contributed by atoms with Gasteiger partial charge in [-0.1, -0.05) is 12.1 Å². The van der Waals surface area contributed by atoms with Gasteiger partial charge in [0.25, 0.3) is 0 Å². The molecule has 4 nitrogen and oxygen atoms in total. The molecule has 0 radical (unpaired) electrons. The van der Waals surface area contributed by atoms with E-state index in [1.54, 1.807) is 13.3 Å². The fourth-order valence-electron chi connectivity index (χ4n) is 2.10. The zero-order valence-electron chi connectivity index (χ0n) is 12.5. The second-order valence-corrected chi connectivity index (χ2v) is 5.78. The number of pyridine rings is 1. The monoisotopic (exact) mass is 362 g/mol. The van der Waals surface area contributed by atoms with E-state index in [1.807, 2.05) is 36.5 Å². The van der Waals surface area contributed by atoms with E-state index >= 15 is 0 Å². The molecule has 1 aromatic carbocycles. The van der Waals surface area contributed by atoms with Crippen LogP contribution >= 0.6 is 15.9 Å². The zero-order valence-corrected chi connectivity index (χ0v) is 14.1. The number of nitrogens with zero attached hydrogens (tertiary/aromatic N) is 1. The molecular weight excluding hydrogens is 344 g/mol. The Balaban J connectivity index is 1.72. The molecule has 0 aliphatic rings. The first-order chi connectivity index (χ1) is 10.7. The molecule has 5 heteroatoms. The van der Waals surface area contributed by atoms with Crippen LogP contribution in [0.2, 0.25) is 0 Å². The van der Waals surface area contributed by atoms with Crippen LogP contribution in [0, 0.1) is 0 Å². The SMILES string of the molecule is COc1ccc(CCC(=O)NCCc2cccnc2)cc1Br. The van der Waals surface area contributed by atoms with Crippen LogP contribution in [-0.4, -0.2) is 24.5 Å². The minimum atomic E-state index is 0.0656. The molecule has 0 aliphatic carbocycles. The molecule has 1 amide bonds. The minimum Gasteiger partial charge on any atom is -0.496 e. The average molecular weight is 363 g/mol. The van der Waals surface area contributed by atoms with E-state index in [9.17, 15) is 4.79 Å². The Morgan fingerprint density at radius 3 is 2.82 bits per heavy atom. The summed E-state index contributed by atoms with van der Waals surface area (Å²) in [7, 11) is 1.63. The van der Waals surface area contributed by atoms with Crippen molar-refractivity contribution in [3.63, 3.8) is 0 Å². The van der Waals surface area contributed by atoms with E-state index in [0.717, 1.165) is 27.8 Å². The van der Waals surface area contributed by atoms with E-state index in [0.29, 0.717) is 19.4 Å². The predicted molar refractivity (Wildman–Crippen MR) is 90.0 cm³/mol. The maximum absolute atomic E-state index is 11.9. The molecule has 2 aromatic rings. The highest BCUT2D eigenvalue weighted by atomic mass is 79.9. The number of hydrogen-bond acceptors (Lipinski definition) is 3. The van der Waals surface area contributed by atoms with Gasteiger partial charge in [0.1, 0.15) is 5.75 Å². The number of benzene rings is 1. The number of ether oxygens (including phenoxy) is 1. The van der Waals surface area contributed by atoms with Crippen molar-refractivity contribution in [2.45, 2.75) is 19.3 Å². The largest absolute Gasteiger partial charge is 0.496 e. The Hall–Kier alpha value is -1.88. The van der Waals surface area contributed by atoms with Crippen molar-refractivity contribution in [3.05, 3.63) is 58.3 Å². The number of methoxy groups -OCH3 is 1. The summed E-state index contributed by atoms with van der Waals surface area (Å²) in [5, 5.41) is 2.94. The van der Waals surface area contributed by atoms with Gasteiger partial charge in [-0.25, -0.2) is 0 Å². The molecule has 116 valence electrons. The highest BCUT2D eigenvalue weighted by molar-refractivity contribution is 9.10. The minimum absolute atomic E-state index is 0.0656. The Morgan fingerprint density at radius 1 is 1.27 bits per heavy atom. The molecule has 1 heterocycles. The summed E-state index contributed by atoms with van der Waals surface area (Å²) >= 11 is 3.45. The molecule has 2 rings (SSSR count). The first kappa shape index (κ1) is 16.5. The average Bonchev–Trinajstić information content (AvgIpc) is 2.54. The van der Waals surface area contributed by atoms with Crippen LogP contribution < -0.4 is 10.1 Å². The predicted octanol–water partition coefficient (Wildman–Crippen LogP) is 3.14. The van der Waals surface area contributed by atoms with Crippen LogP contribution in [0.3, 0.4) is 0 Å². The number of halogens is 1. The standard InChI is InChI=1S/C17H19BrN2O2/c1-22-16-6-4-13(11-15(16)18)5-7-17(21)20-10-8-14-3-2-9-19-12-14/h2-4,6,9,11-12H,5,7-8,10H2,1H3,(H,20,21). The topological polar surface area (TPSA) is 51.2 Å². The quantitative estimate of drug-likeness (QED) is 0.822. The van der Waals surface area contributed by atoms with Gasteiger partial charge in [0.15, 0.2) is 0 Å². The van der Waals surface area contributed by atoms with Crippen molar-refractivity contribution >= 4 is 21.8 Å². The van der Waals surface area contributed by atoms with Gasteiger partial charge in [-0.05, 0) is 58.1 Å². The third kappa shape index (κ3) is 5.15. The maximum atomic E-state index is 11.9. The molecule has 1 aromatic heterocycles. The molecule has 0 aliphatic heterocycles. The second-order valence-electron chi connectivity index (χ2n) is 4.93. The Kier molecular flexibility index (Phi) is 6.40. The molecular formula is C17H19BrN2O2. The molecule has 1 N–H and O–H groups in total. The third-order valence-electron chi connectivity index (χ3n) is 3.32. The van der Waals surface area contributed by atoms with Gasteiger partial charge in [-0.2, -0.15) is 0 Å². The van der Waals surface area contributed by atoms with Crippen molar-refractivity contribution in [2.75, 3.05) is 13.7 Å². The van der Waals surface area contributed by atoms with E-state index in [1.165, 1.54) is 0 Å². The summed E-state index contributed by atoms with van der Waals surface area (Å²) in [5.41, 5.74) is 2.23. The van der Waals surface area contributed by atoms with E-state index in [4.69, 9.17) is 4.74 Å². The molecule has 0 fully saturated rings. The number of amides is 1. The summed E-state index contributed by atoms with van der Waals surface area (Å²) in [6.07, 6.45) is 5.55. The third-order valence-corrected chi connectivity index (χ3v) is 3.94. The van der Waals surface area contributed by atoms with Gasteiger partial charge in [0, 0.05) is 25.4 Å². The van der Waals surface area contributed by atoms with E-state index in [-0.39, 0.29) is 5.91 Å². The van der Waals surface area contributed by atoms with Gasteiger partial charge in [0.2, 0.25) is 5.91 Å². The lowest BCUT2D eigenvalue weighted by Crippen LogP contribution is -2.25. The van der Waals surface area contributed by atoms with Gasteiger partial charge in [-0.3, -0.25) is 9.78 Å². The number of hydrogen-bond donors (Lipinski definition) is 1. The molecule has 0 unspecified atom stereocenters. The number of carbonyl (C=O) groups excluding carboxylic acids is 1. The summed E-state index contributed by atoms with van der Waals surface area (Å²) in [6, 6.07) is 9.78. The van der Waals surface area contributed by atoms with Crippen LogP contribution in [0.5, 0.6) is 5.75 Å². The number of rotatable bonds is 7. The van der Waals surface area contributed by atoms with Crippen molar-refractivity contribution < 1.29 is 9.53 Å². The van der Waals surface area contributed by atoms with Crippen molar-refractivity contribution in [1.82, 2.24) is 10.3 Å². The summed E-state index contributed by atoms with van der Waals surface area (Å²) < 4.78 is 6.10. The fourth-order valence-corrected chi connectivity index (χ4v) is 2.69. The number of nitrogens with one attached hydrogen (secondary N) is 1. The highest BCUT2D eigenvalue weighted by Crippen LogP contribution is 2.25. The summed E-state index contributed by atoms with van der Waals surface area (Å²) in [5.74, 6) is 0.862. The van der Waals surface area contributed by atoms with Crippen LogP contribution in [0.4, 0.5) is 0 Å². The van der Waals surface area contributed by atoms with Gasteiger partial charge < -0.3 is 10.1 Å². The van der Waals surface area contributed by atoms with Crippen LogP contribution in [-0.2, 0) is 17.6 Å². The lowest BCUT2D eigenvalue weighted by molar-refractivity contribution is -0.121. The summed E-state index contributed by atoms with van der Waals surface area (Å²) in [4.78, 5) is 15.9. The molecule has 0 atom stereocenters. The number of aryl methyl sites for hydroxylation is 1. The Morgan fingerprint density at radius 2 is 2.14 bits per heavy atom. The number of carbonyl (C=O) groups is 1. The normalized spacial score (nSPS) is 10.3. The van der Waals surface area contributed by atoms with Crippen molar-refractivity contribution in [2.24, 2.45) is 0 Å². The van der Waals surface area contributed by atoms with Gasteiger partial charge in [-0.15, -0.1) is 0 Å². The first-order valence-electron chi connectivity index (χ1n) is 7.17. The molecule has 0 bridgehead atoms. The van der Waals surface area contributed by atoms with Crippen LogP contribution in [0.25, 0.3) is 0 Å². The maximum Gasteiger partial charge on any atom is 0.220 e. The van der Waals surface area contributed by atoms with Gasteiger partial charge >= 0.3 is 0 Å². The van der Waals surface area contributed by atoms with Crippen molar-refractivity contribution in [3.8, 4) is 5.75 Å². The van der Waals surface area contributed by atoms with Crippen molar-refractivity contribution in [1.29, 1.82) is 0 Å². The van der Waals surface area contributed by atoms with Crippen LogP contribution in [0.1, 0.15) is 17.5 Å². The first-order valence-corrected chi connectivity index (χ1v) is 7.96. The smallest absolute Gasteiger partial charge is 0.220 e. The zero-order chi connectivity index (χ0) is 15.8.